The number of hydrogen-bond acceptors (Lipinski definition) is 8. The van der Waals surface area contributed by atoms with E-state index < -0.39 is 15.9 Å². The Labute approximate surface area is 217 Å². The molecule has 10 nitrogen and oxygen atoms in total. The van der Waals surface area contributed by atoms with Crippen LogP contribution in [0.3, 0.4) is 0 Å². The molecule has 0 bridgehead atoms. The van der Waals surface area contributed by atoms with Gasteiger partial charge in [0.1, 0.15) is 4.90 Å². The lowest BCUT2D eigenvalue weighted by atomic mass is 10.1. The van der Waals surface area contributed by atoms with E-state index >= 15 is 0 Å². The van der Waals surface area contributed by atoms with Gasteiger partial charge in [-0.1, -0.05) is 42.5 Å². The van der Waals surface area contributed by atoms with Gasteiger partial charge in [0, 0.05) is 17.3 Å². The monoisotopic (exact) mass is 527 g/mol. The summed E-state index contributed by atoms with van der Waals surface area (Å²) in [6, 6.07) is 23.0. The Balaban J connectivity index is 1.59. The maximum Gasteiger partial charge on any atom is 0.269 e. The van der Waals surface area contributed by atoms with Crippen molar-refractivity contribution in [2.75, 3.05) is 12.8 Å². The zero-order valence-corrected chi connectivity index (χ0v) is 20.8. The smallest absolute Gasteiger partial charge is 0.269 e. The quantitative estimate of drug-likeness (QED) is 0.342. The number of nitrogen functional groups attached to an aromatic ring is 1. The third-order valence-corrected chi connectivity index (χ3v) is 7.13. The third-order valence-electron chi connectivity index (χ3n) is 5.81. The zero-order valence-electron chi connectivity index (χ0n) is 20.0. The van der Waals surface area contributed by atoms with E-state index in [0.29, 0.717) is 22.3 Å². The molecule has 0 fully saturated rings. The van der Waals surface area contributed by atoms with E-state index in [0.717, 1.165) is 0 Å². The summed E-state index contributed by atoms with van der Waals surface area (Å²) in [5.74, 6) is -0.951. The minimum atomic E-state index is -4.36. The number of anilines is 1. The summed E-state index contributed by atoms with van der Waals surface area (Å²) in [6.45, 7) is 0. The fraction of sp³-hybridized carbons (Fsp3) is 0.0370. The van der Waals surface area contributed by atoms with Crippen molar-refractivity contribution < 1.29 is 17.9 Å². The molecule has 0 atom stereocenters. The third kappa shape index (κ3) is 4.58. The number of nitrogens with zero attached hydrogens (tertiary/aromatic N) is 3. The standard InChI is InChI=1S/C27H21N5O5S/c1-37-25-23(38(35,36)31-24(33)17-8-4-2-5-9-17)15-19(16-29-25)18-12-13-22-21(14-18)26(34)32(27(28)30-22)20-10-6-3-7-11-20/h2-16H,1H3,(H2,28,30)(H,31,33). The molecule has 11 heteroatoms. The highest BCUT2D eigenvalue weighted by molar-refractivity contribution is 7.90. The van der Waals surface area contributed by atoms with Gasteiger partial charge in [-0.15, -0.1) is 0 Å². The summed E-state index contributed by atoms with van der Waals surface area (Å²) in [4.78, 5) is 34.1. The molecule has 0 saturated carbocycles. The van der Waals surface area contributed by atoms with Crippen LogP contribution in [0.4, 0.5) is 5.95 Å². The summed E-state index contributed by atoms with van der Waals surface area (Å²) in [5, 5.41) is 0.276. The molecule has 2 heterocycles. The molecule has 3 N–H and O–H groups in total. The normalized spacial score (nSPS) is 11.3. The molecule has 1 amide bonds. The number of rotatable bonds is 6. The second-order valence-electron chi connectivity index (χ2n) is 8.21. The van der Waals surface area contributed by atoms with Crippen LogP contribution in [0.2, 0.25) is 0 Å². The van der Waals surface area contributed by atoms with Gasteiger partial charge in [0.2, 0.25) is 11.8 Å². The van der Waals surface area contributed by atoms with Crippen molar-refractivity contribution in [1.29, 1.82) is 0 Å². The minimum Gasteiger partial charge on any atom is -0.480 e. The first kappa shape index (κ1) is 24.7. The molecule has 190 valence electrons. The summed E-state index contributed by atoms with van der Waals surface area (Å²) < 4.78 is 34.8. The maximum absolute atomic E-state index is 13.4. The van der Waals surface area contributed by atoms with Crippen LogP contribution in [0.25, 0.3) is 27.7 Å². The molecular formula is C27H21N5O5S. The van der Waals surface area contributed by atoms with Crippen molar-refractivity contribution in [3.05, 3.63) is 107 Å². The Kier molecular flexibility index (Phi) is 6.35. The van der Waals surface area contributed by atoms with Gasteiger partial charge in [0.15, 0.2) is 0 Å². The van der Waals surface area contributed by atoms with Gasteiger partial charge in [-0.2, -0.15) is 0 Å². The van der Waals surface area contributed by atoms with E-state index in [2.05, 4.69) is 9.97 Å². The van der Waals surface area contributed by atoms with Crippen LogP contribution in [-0.4, -0.2) is 36.0 Å². The van der Waals surface area contributed by atoms with Crippen LogP contribution in [0, 0.1) is 0 Å². The van der Waals surface area contributed by atoms with Crippen molar-refractivity contribution in [1.82, 2.24) is 19.3 Å². The van der Waals surface area contributed by atoms with E-state index in [9.17, 15) is 18.0 Å². The number of carbonyl (C=O) groups excluding carboxylic acids is 1. The van der Waals surface area contributed by atoms with Crippen LogP contribution in [-0.2, 0) is 10.0 Å². The maximum atomic E-state index is 13.4. The van der Waals surface area contributed by atoms with Gasteiger partial charge < -0.3 is 10.5 Å². The number of amides is 1. The van der Waals surface area contributed by atoms with E-state index in [-0.39, 0.29) is 33.2 Å². The molecule has 0 radical (unpaired) electrons. The van der Waals surface area contributed by atoms with Crippen LogP contribution in [0.15, 0.2) is 101 Å². The largest absolute Gasteiger partial charge is 0.480 e. The Morgan fingerprint density at radius 3 is 2.32 bits per heavy atom. The summed E-state index contributed by atoms with van der Waals surface area (Å²) in [5.41, 5.74) is 7.69. The summed E-state index contributed by atoms with van der Waals surface area (Å²) in [6.07, 6.45) is 1.42. The summed E-state index contributed by atoms with van der Waals surface area (Å²) in [7, 11) is -3.09. The van der Waals surface area contributed by atoms with Crippen molar-refractivity contribution in [3.63, 3.8) is 0 Å². The highest BCUT2D eigenvalue weighted by Gasteiger charge is 2.25. The van der Waals surface area contributed by atoms with Gasteiger partial charge in [-0.25, -0.2) is 27.7 Å². The Morgan fingerprint density at radius 1 is 0.947 bits per heavy atom. The highest BCUT2D eigenvalue weighted by atomic mass is 32.2. The topological polar surface area (TPSA) is 146 Å². The van der Waals surface area contributed by atoms with Crippen LogP contribution in [0.1, 0.15) is 10.4 Å². The Hall–Kier alpha value is -5.03. The van der Waals surface area contributed by atoms with Gasteiger partial charge in [0.25, 0.3) is 21.5 Å². The molecule has 2 aromatic heterocycles. The molecular weight excluding hydrogens is 506 g/mol. The predicted octanol–water partition coefficient (Wildman–Crippen LogP) is 3.16. The molecule has 0 aliphatic carbocycles. The lowest BCUT2D eigenvalue weighted by Gasteiger charge is -2.13. The second kappa shape index (κ2) is 9.79. The first-order valence-corrected chi connectivity index (χ1v) is 12.8. The zero-order chi connectivity index (χ0) is 26.9. The number of para-hydroxylation sites is 1. The number of carbonyl (C=O) groups is 1. The number of benzene rings is 3. The molecule has 0 unspecified atom stereocenters. The molecule has 5 aromatic rings. The lowest BCUT2D eigenvalue weighted by Crippen LogP contribution is -2.31. The average molecular weight is 528 g/mol. The number of nitrogens with two attached hydrogens (primary N) is 1. The number of methoxy groups -OCH3 is 1. The van der Waals surface area contributed by atoms with E-state index in [4.69, 9.17) is 10.5 Å². The molecule has 0 spiro atoms. The first-order valence-electron chi connectivity index (χ1n) is 11.3. The fourth-order valence-electron chi connectivity index (χ4n) is 3.97. The van der Waals surface area contributed by atoms with E-state index in [1.807, 2.05) is 10.8 Å². The molecule has 38 heavy (non-hydrogen) atoms. The Bertz CT molecular complexity index is 1840. The van der Waals surface area contributed by atoms with Crippen molar-refractivity contribution in [2.24, 2.45) is 0 Å². The van der Waals surface area contributed by atoms with Gasteiger partial charge in [-0.05, 0) is 48.0 Å². The first-order chi connectivity index (χ1) is 18.3. The SMILES string of the molecule is COc1ncc(-c2ccc3nc(N)n(-c4ccccc4)c(=O)c3c2)cc1S(=O)(=O)NC(=O)c1ccccc1. The average Bonchev–Trinajstić information content (AvgIpc) is 2.93. The van der Waals surface area contributed by atoms with E-state index in [1.54, 1.807) is 60.7 Å². The van der Waals surface area contributed by atoms with Crippen molar-refractivity contribution >= 4 is 32.8 Å². The number of sulfonamides is 1. The van der Waals surface area contributed by atoms with Gasteiger partial charge in [-0.3, -0.25) is 9.59 Å². The van der Waals surface area contributed by atoms with Crippen molar-refractivity contribution in [3.8, 4) is 22.7 Å². The molecule has 0 aliphatic heterocycles. The van der Waals surface area contributed by atoms with Gasteiger partial charge >= 0.3 is 0 Å². The number of fused-ring (bicyclic) bond motifs is 1. The fourth-order valence-corrected chi connectivity index (χ4v) is 5.09. The molecule has 5 rings (SSSR count). The number of pyridine rings is 1. The number of aromatic nitrogens is 3. The second-order valence-corrected chi connectivity index (χ2v) is 9.86. The predicted molar refractivity (Wildman–Crippen MR) is 143 cm³/mol. The molecule has 3 aromatic carbocycles. The van der Waals surface area contributed by atoms with Crippen LogP contribution in [0.5, 0.6) is 5.88 Å². The minimum absolute atomic E-state index is 0.0371. The van der Waals surface area contributed by atoms with Crippen LogP contribution < -0.4 is 20.8 Å². The van der Waals surface area contributed by atoms with Gasteiger partial charge in [0.05, 0.1) is 23.7 Å². The lowest BCUT2D eigenvalue weighted by molar-refractivity contribution is 0.0981. The number of ether oxygens (including phenoxy) is 1. The molecule has 0 aliphatic rings. The molecule has 0 saturated heterocycles. The highest BCUT2D eigenvalue weighted by Crippen LogP contribution is 2.29. The number of nitrogens with one attached hydrogen (secondary N) is 1. The van der Waals surface area contributed by atoms with E-state index in [1.165, 1.54) is 36.1 Å². The summed E-state index contributed by atoms with van der Waals surface area (Å²) >= 11 is 0. The Morgan fingerprint density at radius 2 is 1.63 bits per heavy atom. The van der Waals surface area contributed by atoms with Crippen molar-refractivity contribution in [2.45, 2.75) is 4.90 Å². The van der Waals surface area contributed by atoms with Crippen LogP contribution >= 0.6 is 0 Å². The number of hydrogen-bond donors (Lipinski definition) is 2.